The third-order valence-electron chi connectivity index (χ3n) is 7.15. The number of carbonyl (C=O) groups excluding carboxylic acids is 3. The Bertz CT molecular complexity index is 1770. The maximum atomic E-state index is 13.5. The number of methoxy groups -OCH3 is 1. The lowest BCUT2D eigenvalue weighted by Gasteiger charge is -2.30. The number of amides is 3. The van der Waals surface area contributed by atoms with Crippen molar-refractivity contribution in [2.45, 2.75) is 31.7 Å². The molecule has 0 aliphatic carbocycles. The van der Waals surface area contributed by atoms with Crippen molar-refractivity contribution in [3.63, 3.8) is 0 Å². The molecule has 0 radical (unpaired) electrons. The van der Waals surface area contributed by atoms with Gasteiger partial charge in [-0.25, -0.2) is 4.72 Å². The maximum absolute atomic E-state index is 13.5. The third-order valence-corrected chi connectivity index (χ3v) is 9.83. The summed E-state index contributed by atoms with van der Waals surface area (Å²) >= 11 is 6.37. The molecule has 17 heteroatoms. The van der Waals surface area contributed by atoms with E-state index in [0.717, 1.165) is 10.4 Å². The summed E-state index contributed by atoms with van der Waals surface area (Å²) in [6.07, 6.45) is -0.852. The van der Waals surface area contributed by atoms with Crippen LogP contribution in [0.2, 0.25) is 5.02 Å². The fourth-order valence-corrected chi connectivity index (χ4v) is 7.10. The average molecular weight is 672 g/mol. The first kappa shape index (κ1) is 32.0. The van der Waals surface area contributed by atoms with Crippen LogP contribution in [0, 0.1) is 0 Å². The van der Waals surface area contributed by atoms with Crippen molar-refractivity contribution in [2.24, 2.45) is 0 Å². The molecule has 0 bridgehead atoms. The van der Waals surface area contributed by atoms with Gasteiger partial charge >= 0.3 is 16.4 Å². The van der Waals surface area contributed by atoms with E-state index in [0.29, 0.717) is 46.0 Å². The van der Waals surface area contributed by atoms with E-state index in [1.807, 2.05) is 4.72 Å². The first-order chi connectivity index (χ1) is 20.7. The lowest BCUT2D eigenvalue weighted by Crippen LogP contribution is -2.50. The van der Waals surface area contributed by atoms with Crippen molar-refractivity contribution < 1.29 is 40.7 Å². The van der Waals surface area contributed by atoms with Gasteiger partial charge in [0.1, 0.15) is 6.54 Å². The normalized spacial score (nSPS) is 18.1. The molecular formula is C27H25ClF3N5O6S2. The van der Waals surface area contributed by atoms with Crippen LogP contribution in [-0.4, -0.2) is 77.3 Å². The molecule has 3 heterocycles. The number of hydrogen-bond acceptors (Lipinski definition) is 8. The van der Waals surface area contributed by atoms with Crippen LogP contribution in [0.15, 0.2) is 47.5 Å². The van der Waals surface area contributed by atoms with E-state index in [9.17, 15) is 36.0 Å². The van der Waals surface area contributed by atoms with Gasteiger partial charge in [-0.3, -0.25) is 24.0 Å². The van der Waals surface area contributed by atoms with E-state index in [4.69, 9.17) is 16.3 Å². The second kappa shape index (κ2) is 12.5. The zero-order valence-electron chi connectivity index (χ0n) is 23.0. The van der Waals surface area contributed by atoms with Crippen LogP contribution in [0.3, 0.4) is 0 Å². The molecular weight excluding hydrogens is 647 g/mol. The Hall–Kier alpha value is -3.44. The molecule has 2 aromatic carbocycles. The van der Waals surface area contributed by atoms with E-state index < -0.39 is 45.5 Å². The van der Waals surface area contributed by atoms with Crippen molar-refractivity contribution in [3.8, 4) is 0 Å². The van der Waals surface area contributed by atoms with E-state index >= 15 is 0 Å². The zero-order chi connectivity index (χ0) is 31.8. The van der Waals surface area contributed by atoms with Gasteiger partial charge in [-0.1, -0.05) is 23.7 Å². The lowest BCUT2D eigenvalue weighted by atomic mass is 10.1. The number of fused-ring (bicyclic) bond motifs is 1. The minimum atomic E-state index is -4.60. The molecule has 44 heavy (non-hydrogen) atoms. The molecule has 0 atom stereocenters. The van der Waals surface area contributed by atoms with Crippen LogP contribution in [0.4, 0.5) is 18.0 Å². The number of aromatic nitrogens is 2. The van der Waals surface area contributed by atoms with Crippen LogP contribution >= 0.6 is 23.4 Å². The lowest BCUT2D eigenvalue weighted by molar-refractivity contribution is -0.138. The molecule has 0 spiro atoms. The van der Waals surface area contributed by atoms with Crippen LogP contribution in [0.25, 0.3) is 17.0 Å². The highest BCUT2D eigenvalue weighted by molar-refractivity contribution is 8.18. The second-order valence-electron chi connectivity index (χ2n) is 10.1. The fourth-order valence-electron chi connectivity index (χ4n) is 4.91. The number of hydrogen-bond donors (Lipinski definition) is 1. The van der Waals surface area contributed by atoms with Gasteiger partial charge < -0.3 is 4.74 Å². The summed E-state index contributed by atoms with van der Waals surface area (Å²) in [4.78, 5) is 38.7. The number of halogens is 4. The number of thioether (sulfide) groups is 1. The Morgan fingerprint density at radius 2 is 1.91 bits per heavy atom. The number of alkyl halides is 3. The van der Waals surface area contributed by atoms with Crippen LogP contribution in [0.1, 0.15) is 29.5 Å². The Balaban J connectivity index is 1.26. The molecule has 234 valence electrons. The zero-order valence-corrected chi connectivity index (χ0v) is 25.4. The van der Waals surface area contributed by atoms with Crippen molar-refractivity contribution in [1.82, 2.24) is 23.7 Å². The van der Waals surface area contributed by atoms with Crippen molar-refractivity contribution in [1.29, 1.82) is 0 Å². The van der Waals surface area contributed by atoms with Crippen molar-refractivity contribution in [3.05, 3.63) is 69.2 Å². The number of nitrogens with zero attached hydrogens (tertiary/aromatic N) is 4. The topological polar surface area (TPSA) is 131 Å². The Labute approximate surface area is 259 Å². The van der Waals surface area contributed by atoms with Crippen LogP contribution in [-0.2, 0) is 37.3 Å². The van der Waals surface area contributed by atoms with Crippen LogP contribution < -0.4 is 4.72 Å². The van der Waals surface area contributed by atoms with Gasteiger partial charge in [0.25, 0.3) is 17.1 Å². The van der Waals surface area contributed by atoms with Gasteiger partial charge in [0.2, 0.25) is 0 Å². The fraction of sp³-hybridized carbons (Fsp3) is 0.333. The molecule has 1 aromatic heterocycles. The Kier molecular flexibility index (Phi) is 9.09. The van der Waals surface area contributed by atoms with Gasteiger partial charge in [0.15, 0.2) is 0 Å². The molecule has 2 aliphatic rings. The summed E-state index contributed by atoms with van der Waals surface area (Å²) in [6, 6.07) is 8.40. The van der Waals surface area contributed by atoms with Crippen molar-refractivity contribution >= 4 is 67.6 Å². The largest absolute Gasteiger partial charge is 0.416 e. The molecule has 2 saturated heterocycles. The molecule has 3 aromatic rings. The Morgan fingerprint density at radius 1 is 1.18 bits per heavy atom. The molecule has 2 fully saturated rings. The van der Waals surface area contributed by atoms with Crippen LogP contribution in [0.5, 0.6) is 0 Å². The van der Waals surface area contributed by atoms with Gasteiger partial charge in [-0.2, -0.15) is 31.0 Å². The predicted molar refractivity (Wildman–Crippen MR) is 157 cm³/mol. The number of rotatable bonds is 8. The minimum Gasteiger partial charge on any atom is -0.381 e. The quantitative estimate of drug-likeness (QED) is 0.352. The van der Waals surface area contributed by atoms with Gasteiger partial charge in [0.05, 0.1) is 34.8 Å². The van der Waals surface area contributed by atoms with E-state index in [-0.39, 0.29) is 41.2 Å². The monoisotopic (exact) mass is 671 g/mol. The summed E-state index contributed by atoms with van der Waals surface area (Å²) in [5, 5.41) is 4.00. The number of imide groups is 1. The number of ether oxygens (including phenoxy) is 1. The standard InChI is InChI=1S/C27H25ClF3N5O6S2/c1-42-20-6-8-34(9-7-20)44(40,41)33-24(37)15-35-25(38)23(43-26(35)39)11-16-2-5-22-18(10-16)13-32-36(22)14-17-3-4-19(28)12-21(17)27(29,30)31/h2-5,10-13,20H,6-9,14-15H2,1H3,(H,33,37). The number of benzene rings is 2. The summed E-state index contributed by atoms with van der Waals surface area (Å²) in [5.74, 6) is -1.81. The summed E-state index contributed by atoms with van der Waals surface area (Å²) in [6.45, 7) is -0.641. The molecule has 1 N–H and O–H groups in total. The maximum Gasteiger partial charge on any atom is 0.416 e. The smallest absolute Gasteiger partial charge is 0.381 e. The number of carbonyl (C=O) groups is 3. The summed E-state index contributed by atoms with van der Waals surface area (Å²) < 4.78 is 75.5. The molecule has 0 unspecified atom stereocenters. The highest BCUT2D eigenvalue weighted by Gasteiger charge is 2.38. The van der Waals surface area contributed by atoms with E-state index in [1.165, 1.54) is 36.2 Å². The Morgan fingerprint density at radius 3 is 2.59 bits per heavy atom. The highest BCUT2D eigenvalue weighted by Crippen LogP contribution is 2.35. The summed E-state index contributed by atoms with van der Waals surface area (Å²) in [7, 11) is -2.63. The minimum absolute atomic E-state index is 0.00928. The van der Waals surface area contributed by atoms with Crippen molar-refractivity contribution in [2.75, 3.05) is 26.7 Å². The average Bonchev–Trinajstić information content (AvgIpc) is 3.48. The third kappa shape index (κ3) is 6.94. The first-order valence-corrected chi connectivity index (χ1v) is 15.8. The SMILES string of the molecule is COC1CCN(S(=O)(=O)NC(=O)CN2C(=O)SC(=Cc3ccc4c(cnn4Cc4ccc(Cl)cc4C(F)(F)F)c3)C2=O)CC1. The van der Waals surface area contributed by atoms with E-state index in [2.05, 4.69) is 5.10 Å². The molecule has 5 rings (SSSR count). The van der Waals surface area contributed by atoms with E-state index in [1.54, 1.807) is 18.2 Å². The highest BCUT2D eigenvalue weighted by atomic mass is 35.5. The predicted octanol–water partition coefficient (Wildman–Crippen LogP) is 4.26. The second-order valence-corrected chi connectivity index (χ2v) is 13.2. The summed E-state index contributed by atoms with van der Waals surface area (Å²) in [5.41, 5.74) is 0.148. The van der Waals surface area contributed by atoms with Gasteiger partial charge in [-0.15, -0.1) is 0 Å². The first-order valence-electron chi connectivity index (χ1n) is 13.2. The number of piperidine rings is 1. The number of nitrogens with one attached hydrogen (secondary N) is 1. The molecule has 11 nitrogen and oxygen atoms in total. The van der Waals surface area contributed by atoms with Gasteiger partial charge in [-0.05, 0) is 66.1 Å². The molecule has 3 amide bonds. The van der Waals surface area contributed by atoms with Gasteiger partial charge in [0, 0.05) is 30.6 Å². The molecule has 2 aliphatic heterocycles. The molecule has 0 saturated carbocycles.